The summed E-state index contributed by atoms with van der Waals surface area (Å²) in [6.45, 7) is 0. The Morgan fingerprint density at radius 1 is 0.318 bits per heavy atom. The fourth-order valence-corrected chi connectivity index (χ4v) is 7.38. The van der Waals surface area contributed by atoms with Crippen molar-refractivity contribution in [3.63, 3.8) is 0 Å². The van der Waals surface area contributed by atoms with Crippen LogP contribution in [0, 0.1) is 0 Å². The maximum atomic E-state index is 6.63. The minimum absolute atomic E-state index is 0.835. The van der Waals surface area contributed by atoms with Crippen LogP contribution in [0.4, 0.5) is 0 Å². The van der Waals surface area contributed by atoms with Gasteiger partial charge in [-0.2, -0.15) is 0 Å². The first-order chi connectivity index (χ1) is 21.8. The summed E-state index contributed by atoms with van der Waals surface area (Å²) in [5, 5.41) is 11.7. The fraction of sp³-hybridized carbons (Fsp3) is 0. The molecule has 8 aromatic carbocycles. The molecule has 44 heavy (non-hydrogen) atoms. The van der Waals surface area contributed by atoms with E-state index >= 15 is 0 Å². The molecule has 2 nitrogen and oxygen atoms in total. The summed E-state index contributed by atoms with van der Waals surface area (Å²) >= 11 is 0. The maximum absolute atomic E-state index is 6.63. The molecule has 0 fully saturated rings. The van der Waals surface area contributed by atoms with Crippen molar-refractivity contribution in [1.29, 1.82) is 0 Å². The third-order valence-corrected chi connectivity index (χ3v) is 9.24. The molecule has 0 N–H and O–H groups in total. The van der Waals surface area contributed by atoms with Gasteiger partial charge in [-0.15, -0.1) is 0 Å². The Labute approximate surface area is 252 Å². The monoisotopic (exact) mass is 560 g/mol. The van der Waals surface area contributed by atoms with Crippen molar-refractivity contribution in [2.75, 3.05) is 0 Å². The zero-order valence-corrected chi connectivity index (χ0v) is 23.7. The van der Waals surface area contributed by atoms with Crippen molar-refractivity contribution in [3.8, 4) is 22.3 Å². The van der Waals surface area contributed by atoms with E-state index in [4.69, 9.17) is 8.83 Å². The van der Waals surface area contributed by atoms with E-state index in [2.05, 4.69) is 146 Å². The molecule has 0 saturated heterocycles. The highest BCUT2D eigenvalue weighted by Gasteiger charge is 2.20. The van der Waals surface area contributed by atoms with Crippen molar-refractivity contribution in [1.82, 2.24) is 0 Å². The smallest absolute Gasteiger partial charge is 0.147 e. The van der Waals surface area contributed by atoms with Crippen LogP contribution >= 0.6 is 0 Å². The van der Waals surface area contributed by atoms with Gasteiger partial charge < -0.3 is 8.83 Å². The van der Waals surface area contributed by atoms with E-state index < -0.39 is 0 Å². The Morgan fingerprint density at radius 3 is 1.61 bits per heavy atom. The van der Waals surface area contributed by atoms with Gasteiger partial charge in [0.1, 0.15) is 22.3 Å². The summed E-state index contributed by atoms with van der Waals surface area (Å²) in [5.74, 6) is 0. The molecule has 0 amide bonds. The van der Waals surface area contributed by atoms with E-state index in [1.807, 2.05) is 0 Å². The van der Waals surface area contributed by atoms with E-state index in [1.165, 1.54) is 49.0 Å². The molecular weight excluding hydrogens is 536 g/mol. The highest BCUT2D eigenvalue weighted by molar-refractivity contribution is 6.27. The predicted molar refractivity (Wildman–Crippen MR) is 184 cm³/mol. The normalized spacial score (nSPS) is 12.1. The van der Waals surface area contributed by atoms with Crippen LogP contribution in [-0.4, -0.2) is 0 Å². The number of fused-ring (bicyclic) bond motifs is 11. The topological polar surface area (TPSA) is 26.3 Å². The summed E-state index contributed by atoms with van der Waals surface area (Å²) in [6.07, 6.45) is 0. The summed E-state index contributed by atoms with van der Waals surface area (Å²) in [5.41, 5.74) is 8.34. The average Bonchev–Trinajstić information content (AvgIpc) is 3.65. The Bertz CT molecular complexity index is 2700. The SMILES string of the molecule is c1ccc(-c2c3ccccc3c(-c3ccc4oc5ccc6c(oc7ccc8ccccc8c76)c5c4c3)c3ccccc23)cc1. The Kier molecular flexibility index (Phi) is 4.75. The fourth-order valence-electron chi connectivity index (χ4n) is 7.38. The molecule has 10 rings (SSSR count). The average molecular weight is 561 g/mol. The number of rotatable bonds is 2. The molecule has 0 aliphatic rings. The lowest BCUT2D eigenvalue weighted by Crippen LogP contribution is -1.90. The first kappa shape index (κ1) is 23.7. The molecule has 0 spiro atoms. The minimum Gasteiger partial charge on any atom is -0.456 e. The second kappa shape index (κ2) is 8.82. The first-order valence-electron chi connectivity index (χ1n) is 15.0. The molecule has 0 aliphatic heterocycles. The molecule has 0 bridgehead atoms. The van der Waals surface area contributed by atoms with Gasteiger partial charge in [0, 0.05) is 16.2 Å². The van der Waals surface area contributed by atoms with Gasteiger partial charge in [0.2, 0.25) is 0 Å². The molecule has 0 aliphatic carbocycles. The Balaban J connectivity index is 1.31. The van der Waals surface area contributed by atoms with E-state index in [-0.39, 0.29) is 0 Å². The van der Waals surface area contributed by atoms with Crippen LogP contribution in [0.1, 0.15) is 0 Å². The zero-order chi connectivity index (χ0) is 28.8. The van der Waals surface area contributed by atoms with E-state index in [0.717, 1.165) is 49.4 Å². The summed E-state index contributed by atoms with van der Waals surface area (Å²) in [7, 11) is 0. The number of hydrogen-bond acceptors (Lipinski definition) is 2. The van der Waals surface area contributed by atoms with Gasteiger partial charge in [-0.3, -0.25) is 0 Å². The molecule has 10 aromatic rings. The summed E-state index contributed by atoms with van der Waals surface area (Å²) in [6, 6.07) is 51.9. The molecule has 2 heteroatoms. The predicted octanol–water partition coefficient (Wildman–Crippen LogP) is 12.3. The standard InChI is InChI=1S/C42H24O2/c1-2-11-26(12-3-1)38-29-14-6-8-16-31(29)39(32-17-9-7-15-30(32)38)27-19-21-35-34(24-27)41-37(43-35)23-20-33-40-28-13-5-4-10-25(28)18-22-36(40)44-42(33)41/h1-24H. The largest absolute Gasteiger partial charge is 0.456 e. The minimum atomic E-state index is 0.835. The second-order valence-corrected chi connectivity index (χ2v) is 11.6. The van der Waals surface area contributed by atoms with Crippen molar-refractivity contribution in [2.45, 2.75) is 0 Å². The van der Waals surface area contributed by atoms with Crippen LogP contribution in [-0.2, 0) is 0 Å². The quantitative estimate of drug-likeness (QED) is 0.197. The molecule has 0 radical (unpaired) electrons. The van der Waals surface area contributed by atoms with Crippen molar-refractivity contribution >= 4 is 76.2 Å². The summed E-state index contributed by atoms with van der Waals surface area (Å²) < 4.78 is 13.1. The number of hydrogen-bond donors (Lipinski definition) is 0. The highest BCUT2D eigenvalue weighted by Crippen LogP contribution is 2.46. The molecule has 0 saturated carbocycles. The lowest BCUT2D eigenvalue weighted by atomic mass is 9.86. The molecule has 0 atom stereocenters. The Hall–Kier alpha value is -5.86. The lowest BCUT2D eigenvalue weighted by Gasteiger charge is -2.17. The van der Waals surface area contributed by atoms with Gasteiger partial charge in [-0.25, -0.2) is 0 Å². The van der Waals surface area contributed by atoms with E-state index in [9.17, 15) is 0 Å². The molecular formula is C42H24O2. The van der Waals surface area contributed by atoms with Gasteiger partial charge >= 0.3 is 0 Å². The number of furan rings is 2. The zero-order valence-electron chi connectivity index (χ0n) is 23.7. The molecule has 2 heterocycles. The second-order valence-electron chi connectivity index (χ2n) is 11.6. The summed E-state index contributed by atoms with van der Waals surface area (Å²) in [4.78, 5) is 0. The van der Waals surface area contributed by atoms with Crippen molar-refractivity contribution in [2.24, 2.45) is 0 Å². The molecule has 0 unspecified atom stereocenters. The number of benzene rings is 8. The van der Waals surface area contributed by atoms with Crippen LogP contribution in [0.5, 0.6) is 0 Å². The first-order valence-corrected chi connectivity index (χ1v) is 15.0. The van der Waals surface area contributed by atoms with Crippen LogP contribution in [0.2, 0.25) is 0 Å². The highest BCUT2D eigenvalue weighted by atomic mass is 16.3. The van der Waals surface area contributed by atoms with Crippen molar-refractivity contribution < 1.29 is 8.83 Å². The van der Waals surface area contributed by atoms with Crippen molar-refractivity contribution in [3.05, 3.63) is 146 Å². The lowest BCUT2D eigenvalue weighted by molar-refractivity contribution is 0.663. The Morgan fingerprint density at radius 2 is 0.886 bits per heavy atom. The van der Waals surface area contributed by atoms with Gasteiger partial charge in [0.25, 0.3) is 0 Å². The van der Waals surface area contributed by atoms with Gasteiger partial charge in [-0.05, 0) is 84.9 Å². The van der Waals surface area contributed by atoms with Crippen LogP contribution in [0.3, 0.4) is 0 Å². The third kappa shape index (κ3) is 3.20. The van der Waals surface area contributed by atoms with Gasteiger partial charge in [0.05, 0.1) is 5.39 Å². The van der Waals surface area contributed by atoms with Crippen LogP contribution < -0.4 is 0 Å². The van der Waals surface area contributed by atoms with Gasteiger partial charge in [0.15, 0.2) is 0 Å². The van der Waals surface area contributed by atoms with Crippen LogP contribution in [0.15, 0.2) is 154 Å². The van der Waals surface area contributed by atoms with Gasteiger partial charge in [-0.1, -0.05) is 115 Å². The van der Waals surface area contributed by atoms with E-state index in [1.54, 1.807) is 0 Å². The third-order valence-electron chi connectivity index (χ3n) is 9.24. The molecule has 2 aromatic heterocycles. The maximum Gasteiger partial charge on any atom is 0.147 e. The molecule has 204 valence electrons. The van der Waals surface area contributed by atoms with E-state index in [0.29, 0.717) is 0 Å². The van der Waals surface area contributed by atoms with Crippen LogP contribution in [0.25, 0.3) is 98.4 Å².